The molecular formula is C17H31IN4O. The molecule has 0 spiro atoms. The molecule has 0 saturated heterocycles. The van der Waals surface area contributed by atoms with Gasteiger partial charge in [0.25, 0.3) is 0 Å². The number of halogens is 1. The molecule has 1 saturated carbocycles. The van der Waals surface area contributed by atoms with Gasteiger partial charge in [0.15, 0.2) is 5.96 Å². The summed E-state index contributed by atoms with van der Waals surface area (Å²) in [6.07, 6.45) is 5.98. The van der Waals surface area contributed by atoms with Crippen LogP contribution in [0.5, 0.6) is 0 Å². The lowest BCUT2D eigenvalue weighted by Gasteiger charge is -2.37. The van der Waals surface area contributed by atoms with Crippen LogP contribution in [-0.4, -0.2) is 47.2 Å². The fourth-order valence-electron chi connectivity index (χ4n) is 3.09. The normalized spacial score (nSPS) is 24.9. The molecule has 1 heterocycles. The number of hydrogen-bond donors (Lipinski definition) is 3. The van der Waals surface area contributed by atoms with E-state index in [1.165, 1.54) is 6.42 Å². The standard InChI is InChI=1S/C17H30N4O.HI/c1-4-18-16(21(3)12-14-8-7-11-19-14)20-13-17(2)10-6-5-9-15(17)22;/h7-8,11,15,19,22H,4-6,9-10,12-13H2,1-3H3,(H,18,20);1H. The second kappa shape index (κ2) is 9.52. The summed E-state index contributed by atoms with van der Waals surface area (Å²) in [5.74, 6) is 0.899. The Bertz CT molecular complexity index is 477. The molecule has 132 valence electrons. The van der Waals surface area contributed by atoms with Crippen LogP contribution in [0.2, 0.25) is 0 Å². The van der Waals surface area contributed by atoms with Gasteiger partial charge in [-0.25, -0.2) is 0 Å². The number of aliphatic hydroxyl groups excluding tert-OH is 1. The van der Waals surface area contributed by atoms with Crippen molar-refractivity contribution in [1.29, 1.82) is 0 Å². The Balaban J connectivity index is 0.00000264. The molecule has 0 amide bonds. The zero-order chi connectivity index (χ0) is 16.0. The van der Waals surface area contributed by atoms with Gasteiger partial charge in [-0.3, -0.25) is 4.99 Å². The van der Waals surface area contributed by atoms with Crippen LogP contribution >= 0.6 is 24.0 Å². The molecule has 6 heteroatoms. The van der Waals surface area contributed by atoms with E-state index in [1.54, 1.807) is 0 Å². The lowest BCUT2D eigenvalue weighted by Crippen LogP contribution is -2.42. The van der Waals surface area contributed by atoms with Gasteiger partial charge in [-0.05, 0) is 31.9 Å². The van der Waals surface area contributed by atoms with Gasteiger partial charge in [0.05, 0.1) is 19.2 Å². The minimum absolute atomic E-state index is 0. The topological polar surface area (TPSA) is 63.7 Å². The van der Waals surface area contributed by atoms with Gasteiger partial charge >= 0.3 is 0 Å². The van der Waals surface area contributed by atoms with Crippen LogP contribution in [0.25, 0.3) is 0 Å². The summed E-state index contributed by atoms with van der Waals surface area (Å²) >= 11 is 0. The number of aliphatic hydroxyl groups is 1. The maximum absolute atomic E-state index is 10.3. The van der Waals surface area contributed by atoms with Crippen LogP contribution in [0, 0.1) is 5.41 Å². The van der Waals surface area contributed by atoms with Crippen molar-refractivity contribution in [3.05, 3.63) is 24.0 Å². The molecule has 2 atom stereocenters. The second-order valence-electron chi connectivity index (χ2n) is 6.64. The molecule has 23 heavy (non-hydrogen) atoms. The Morgan fingerprint density at radius 2 is 2.30 bits per heavy atom. The SMILES string of the molecule is CCNC(=NCC1(C)CCCCC1O)N(C)Cc1ccc[nH]1.I. The van der Waals surface area contributed by atoms with Crippen molar-refractivity contribution in [1.82, 2.24) is 15.2 Å². The number of nitrogens with one attached hydrogen (secondary N) is 2. The highest BCUT2D eigenvalue weighted by molar-refractivity contribution is 14.0. The molecule has 0 bridgehead atoms. The molecule has 0 radical (unpaired) electrons. The van der Waals surface area contributed by atoms with Crippen LogP contribution in [0.15, 0.2) is 23.3 Å². The third-order valence-corrected chi connectivity index (χ3v) is 4.64. The maximum atomic E-state index is 10.3. The third-order valence-electron chi connectivity index (χ3n) is 4.64. The number of rotatable bonds is 5. The highest BCUT2D eigenvalue weighted by Crippen LogP contribution is 2.36. The minimum atomic E-state index is -0.235. The number of aromatic nitrogens is 1. The van der Waals surface area contributed by atoms with E-state index < -0.39 is 0 Å². The number of aromatic amines is 1. The lowest BCUT2D eigenvalue weighted by molar-refractivity contribution is 0.00705. The summed E-state index contributed by atoms with van der Waals surface area (Å²) in [5.41, 5.74) is 1.07. The predicted molar refractivity (Wildman–Crippen MR) is 106 cm³/mol. The molecule has 3 N–H and O–H groups in total. The van der Waals surface area contributed by atoms with Crippen molar-refractivity contribution in [2.75, 3.05) is 20.1 Å². The number of nitrogens with zero attached hydrogens (tertiary/aromatic N) is 2. The smallest absolute Gasteiger partial charge is 0.194 e. The Kier molecular flexibility index (Phi) is 8.39. The second-order valence-corrected chi connectivity index (χ2v) is 6.64. The largest absolute Gasteiger partial charge is 0.392 e. The molecule has 2 unspecified atom stereocenters. The maximum Gasteiger partial charge on any atom is 0.194 e. The summed E-state index contributed by atoms with van der Waals surface area (Å²) in [6, 6.07) is 4.08. The molecule has 1 aromatic rings. The highest BCUT2D eigenvalue weighted by Gasteiger charge is 2.35. The first-order valence-corrected chi connectivity index (χ1v) is 8.35. The van der Waals surface area contributed by atoms with Gasteiger partial charge in [-0.15, -0.1) is 24.0 Å². The van der Waals surface area contributed by atoms with Gasteiger partial charge in [-0.1, -0.05) is 19.8 Å². The summed E-state index contributed by atoms with van der Waals surface area (Å²) < 4.78 is 0. The van der Waals surface area contributed by atoms with E-state index in [-0.39, 0.29) is 35.5 Å². The van der Waals surface area contributed by atoms with Gasteiger partial charge in [-0.2, -0.15) is 0 Å². The average molecular weight is 434 g/mol. The first-order valence-electron chi connectivity index (χ1n) is 8.35. The van der Waals surface area contributed by atoms with Gasteiger partial charge in [0.2, 0.25) is 0 Å². The Hall–Kier alpha value is -0.760. The van der Waals surface area contributed by atoms with Gasteiger partial charge in [0, 0.05) is 30.9 Å². The van der Waals surface area contributed by atoms with Crippen molar-refractivity contribution >= 4 is 29.9 Å². The number of hydrogen-bond acceptors (Lipinski definition) is 2. The number of H-pyrrole nitrogens is 1. The van der Waals surface area contributed by atoms with E-state index >= 15 is 0 Å². The van der Waals surface area contributed by atoms with E-state index in [9.17, 15) is 5.11 Å². The molecule has 0 aromatic carbocycles. The quantitative estimate of drug-likeness (QED) is 0.379. The Morgan fingerprint density at radius 3 is 2.91 bits per heavy atom. The average Bonchev–Trinajstić information content (AvgIpc) is 2.99. The van der Waals surface area contributed by atoms with Crippen LogP contribution in [0.3, 0.4) is 0 Å². The summed E-state index contributed by atoms with van der Waals surface area (Å²) in [5, 5.41) is 13.7. The zero-order valence-corrected chi connectivity index (χ0v) is 16.8. The Labute approximate surface area is 157 Å². The van der Waals surface area contributed by atoms with E-state index in [0.717, 1.165) is 44.0 Å². The third kappa shape index (κ3) is 5.67. The molecule has 1 aliphatic carbocycles. The van der Waals surface area contributed by atoms with Crippen LogP contribution < -0.4 is 5.32 Å². The summed E-state index contributed by atoms with van der Waals surface area (Å²) in [6.45, 7) is 6.54. The molecular weight excluding hydrogens is 403 g/mol. The number of aliphatic imine (C=N–C) groups is 1. The van der Waals surface area contributed by atoms with Crippen LogP contribution in [0.4, 0.5) is 0 Å². The van der Waals surface area contributed by atoms with Gasteiger partial charge < -0.3 is 20.3 Å². The fourth-order valence-corrected chi connectivity index (χ4v) is 3.09. The zero-order valence-electron chi connectivity index (χ0n) is 14.5. The molecule has 1 aliphatic rings. The van der Waals surface area contributed by atoms with Crippen LogP contribution in [0.1, 0.15) is 45.2 Å². The van der Waals surface area contributed by atoms with Crippen molar-refractivity contribution in [3.63, 3.8) is 0 Å². The van der Waals surface area contributed by atoms with E-state index in [2.05, 4.69) is 35.1 Å². The van der Waals surface area contributed by atoms with Crippen molar-refractivity contribution in [2.24, 2.45) is 10.4 Å². The number of guanidine groups is 1. The summed E-state index contributed by atoms with van der Waals surface area (Å²) in [7, 11) is 2.04. The molecule has 5 nitrogen and oxygen atoms in total. The van der Waals surface area contributed by atoms with Crippen molar-refractivity contribution < 1.29 is 5.11 Å². The summed E-state index contributed by atoms with van der Waals surface area (Å²) in [4.78, 5) is 10.1. The highest BCUT2D eigenvalue weighted by atomic mass is 127. The molecule has 1 aromatic heterocycles. The Morgan fingerprint density at radius 1 is 1.52 bits per heavy atom. The monoisotopic (exact) mass is 434 g/mol. The van der Waals surface area contributed by atoms with E-state index in [1.807, 2.05) is 19.3 Å². The van der Waals surface area contributed by atoms with Crippen molar-refractivity contribution in [3.8, 4) is 0 Å². The first kappa shape index (κ1) is 20.3. The molecule has 2 rings (SSSR count). The first-order chi connectivity index (χ1) is 10.5. The van der Waals surface area contributed by atoms with Crippen LogP contribution in [-0.2, 0) is 6.54 Å². The fraction of sp³-hybridized carbons (Fsp3) is 0.706. The lowest BCUT2D eigenvalue weighted by atomic mass is 9.73. The van der Waals surface area contributed by atoms with E-state index in [4.69, 9.17) is 4.99 Å². The molecule has 1 fully saturated rings. The predicted octanol–water partition coefficient (Wildman–Crippen LogP) is 2.97. The van der Waals surface area contributed by atoms with Crippen molar-refractivity contribution in [2.45, 2.75) is 52.2 Å². The molecule has 0 aliphatic heterocycles. The minimum Gasteiger partial charge on any atom is -0.392 e. The van der Waals surface area contributed by atoms with E-state index in [0.29, 0.717) is 6.54 Å². The van der Waals surface area contributed by atoms with Gasteiger partial charge in [0.1, 0.15) is 0 Å².